The van der Waals surface area contributed by atoms with E-state index in [4.69, 9.17) is 30.9 Å². The lowest BCUT2D eigenvalue weighted by Crippen LogP contribution is -2.41. The highest BCUT2D eigenvalue weighted by molar-refractivity contribution is 6.56. The molecule has 2 aromatic carbocycles. The van der Waals surface area contributed by atoms with Gasteiger partial charge in [-0.2, -0.15) is 5.26 Å². The van der Waals surface area contributed by atoms with Crippen molar-refractivity contribution in [1.82, 2.24) is 5.32 Å². The number of rotatable bonds is 6. The molecule has 1 fully saturated rings. The third-order valence-electron chi connectivity index (χ3n) is 5.68. The van der Waals surface area contributed by atoms with E-state index in [1.54, 1.807) is 18.2 Å². The summed E-state index contributed by atoms with van der Waals surface area (Å²) < 4.78 is 17.6. The van der Waals surface area contributed by atoms with Crippen LogP contribution in [0.5, 0.6) is 0 Å². The van der Waals surface area contributed by atoms with Crippen LogP contribution in [0, 0.1) is 11.3 Å². The third-order valence-corrected chi connectivity index (χ3v) is 6.00. The molecule has 0 bridgehead atoms. The van der Waals surface area contributed by atoms with Crippen molar-refractivity contribution in [3.8, 4) is 6.07 Å². The van der Waals surface area contributed by atoms with Crippen molar-refractivity contribution in [1.29, 1.82) is 5.26 Å². The minimum absolute atomic E-state index is 0.140. The fraction of sp³-hybridized carbons (Fsp3) is 0.333. The van der Waals surface area contributed by atoms with Gasteiger partial charge in [0.1, 0.15) is 6.61 Å². The van der Waals surface area contributed by atoms with Gasteiger partial charge in [0.05, 0.1) is 22.8 Å². The highest BCUT2D eigenvalue weighted by atomic mass is 35.5. The van der Waals surface area contributed by atoms with Crippen LogP contribution < -0.4 is 5.32 Å². The Labute approximate surface area is 194 Å². The van der Waals surface area contributed by atoms with Gasteiger partial charge >= 0.3 is 13.2 Å². The summed E-state index contributed by atoms with van der Waals surface area (Å²) in [6, 6.07) is 16.5. The van der Waals surface area contributed by atoms with Crippen LogP contribution in [-0.2, 0) is 20.7 Å². The van der Waals surface area contributed by atoms with E-state index in [1.807, 2.05) is 64.1 Å². The molecule has 0 aliphatic carbocycles. The van der Waals surface area contributed by atoms with Gasteiger partial charge in [-0.15, -0.1) is 0 Å². The molecule has 0 radical (unpaired) electrons. The molecule has 0 unspecified atom stereocenters. The highest BCUT2D eigenvalue weighted by Crippen LogP contribution is 2.39. The molecule has 1 heterocycles. The van der Waals surface area contributed by atoms with Gasteiger partial charge in [0.2, 0.25) is 0 Å². The van der Waals surface area contributed by atoms with E-state index in [9.17, 15) is 4.79 Å². The maximum Gasteiger partial charge on any atom is 0.492 e. The fourth-order valence-electron chi connectivity index (χ4n) is 3.06. The maximum atomic E-state index is 12.3. The summed E-state index contributed by atoms with van der Waals surface area (Å²) in [5.74, 6) is 0. The van der Waals surface area contributed by atoms with Crippen LogP contribution in [-0.4, -0.2) is 31.0 Å². The number of nitrogens with zero attached hydrogens (tertiary/aromatic N) is 1. The van der Waals surface area contributed by atoms with Crippen LogP contribution in [0.3, 0.4) is 0 Å². The lowest BCUT2D eigenvalue weighted by atomic mass is 9.77. The molecule has 0 spiro atoms. The largest absolute Gasteiger partial charge is 0.492 e. The van der Waals surface area contributed by atoms with Crippen LogP contribution in [0.25, 0.3) is 6.08 Å². The lowest BCUT2D eigenvalue weighted by molar-refractivity contribution is 0.00578. The molecule has 166 valence electrons. The average Bonchev–Trinajstić information content (AvgIpc) is 2.98. The number of nitriles is 1. The van der Waals surface area contributed by atoms with E-state index in [1.165, 1.54) is 0 Å². The van der Waals surface area contributed by atoms with Crippen molar-refractivity contribution in [2.45, 2.75) is 45.5 Å². The van der Waals surface area contributed by atoms with E-state index in [0.29, 0.717) is 21.6 Å². The number of amides is 1. The Hall–Kier alpha value is -2.79. The summed E-state index contributed by atoms with van der Waals surface area (Å²) in [6.45, 7) is 8.15. The normalized spacial score (nSPS) is 17.0. The second-order valence-corrected chi connectivity index (χ2v) is 8.98. The number of halogens is 1. The van der Waals surface area contributed by atoms with Crippen LogP contribution >= 0.6 is 11.6 Å². The van der Waals surface area contributed by atoms with E-state index < -0.39 is 24.4 Å². The Balaban J connectivity index is 1.77. The number of benzene rings is 2. The van der Waals surface area contributed by atoms with Gasteiger partial charge in [0.15, 0.2) is 0 Å². The summed E-state index contributed by atoms with van der Waals surface area (Å²) in [5, 5.41) is 12.3. The topological polar surface area (TPSA) is 80.6 Å². The molecule has 1 aliphatic heterocycles. The maximum absolute atomic E-state index is 12.3. The van der Waals surface area contributed by atoms with Crippen molar-refractivity contribution in [3.05, 3.63) is 75.7 Å². The smallest absolute Gasteiger partial charge is 0.445 e. The third kappa shape index (κ3) is 5.71. The van der Waals surface area contributed by atoms with Gasteiger partial charge in [-0.3, -0.25) is 0 Å². The number of carbonyl (C=O) groups is 1. The molecular formula is C24H26BClN2O4. The van der Waals surface area contributed by atoms with E-state index in [0.717, 1.165) is 5.56 Å². The zero-order valence-corrected chi connectivity index (χ0v) is 19.4. The summed E-state index contributed by atoms with van der Waals surface area (Å²) in [6.07, 6.45) is 1.26. The Morgan fingerprint density at radius 2 is 1.81 bits per heavy atom. The van der Waals surface area contributed by atoms with Crippen LogP contribution in [0.4, 0.5) is 4.79 Å². The zero-order chi connectivity index (χ0) is 23.4. The molecule has 1 amide bonds. The molecule has 1 saturated heterocycles. The zero-order valence-electron chi connectivity index (χ0n) is 18.6. The first-order valence-corrected chi connectivity index (χ1v) is 10.7. The minimum atomic E-state index is -0.680. The van der Waals surface area contributed by atoms with Crippen molar-refractivity contribution in [2.75, 3.05) is 6.54 Å². The van der Waals surface area contributed by atoms with Crippen molar-refractivity contribution < 1.29 is 18.8 Å². The average molecular weight is 453 g/mol. The lowest BCUT2D eigenvalue weighted by Gasteiger charge is -2.32. The standard InChI is InChI=1S/C24H26BClN2O4/c1-23(2)24(3,4)32-25(31-23)20(13-19-11-10-18(14-27)12-21(19)26)15-28-22(29)30-16-17-8-6-5-7-9-17/h5-13H,15-16H2,1-4H3,(H,28,29). The molecule has 6 nitrogen and oxygen atoms in total. The predicted molar refractivity (Wildman–Crippen MR) is 125 cm³/mol. The number of hydrogen-bond acceptors (Lipinski definition) is 5. The van der Waals surface area contributed by atoms with Crippen molar-refractivity contribution >= 4 is 30.9 Å². The molecule has 1 aliphatic rings. The van der Waals surface area contributed by atoms with Crippen molar-refractivity contribution in [3.63, 3.8) is 0 Å². The van der Waals surface area contributed by atoms with E-state index >= 15 is 0 Å². The molecular weight excluding hydrogens is 427 g/mol. The van der Waals surface area contributed by atoms with Gasteiger partial charge in [0.25, 0.3) is 0 Å². The summed E-state index contributed by atoms with van der Waals surface area (Å²) in [7, 11) is -0.680. The summed E-state index contributed by atoms with van der Waals surface area (Å²) in [4.78, 5) is 12.3. The molecule has 0 saturated carbocycles. The quantitative estimate of drug-likeness (QED) is 0.613. The van der Waals surface area contributed by atoms with Crippen LogP contribution in [0.15, 0.2) is 54.0 Å². The van der Waals surface area contributed by atoms with E-state index in [2.05, 4.69) is 11.4 Å². The van der Waals surface area contributed by atoms with E-state index in [-0.39, 0.29) is 13.2 Å². The Kier molecular flexibility index (Phi) is 7.30. The van der Waals surface area contributed by atoms with Crippen LogP contribution in [0.1, 0.15) is 44.4 Å². The van der Waals surface area contributed by atoms with Crippen LogP contribution in [0.2, 0.25) is 5.02 Å². The Morgan fingerprint density at radius 3 is 2.41 bits per heavy atom. The predicted octanol–water partition coefficient (Wildman–Crippen LogP) is 5.15. The first kappa shape index (κ1) is 23.9. The molecule has 8 heteroatoms. The Morgan fingerprint density at radius 1 is 1.16 bits per heavy atom. The SMILES string of the molecule is CC1(C)OB(C(=Cc2ccc(C#N)cc2Cl)CNC(=O)OCc2ccccc2)OC1(C)C. The van der Waals surface area contributed by atoms with Gasteiger partial charge in [-0.1, -0.05) is 54.1 Å². The molecule has 3 rings (SSSR count). The number of carbonyl (C=O) groups excluding carboxylic acids is 1. The second-order valence-electron chi connectivity index (χ2n) is 8.57. The molecule has 1 N–H and O–H groups in total. The summed E-state index contributed by atoms with van der Waals surface area (Å²) in [5.41, 5.74) is 1.64. The first-order valence-electron chi connectivity index (χ1n) is 10.3. The minimum Gasteiger partial charge on any atom is -0.445 e. The van der Waals surface area contributed by atoms with Gasteiger partial charge in [0, 0.05) is 11.6 Å². The molecule has 0 atom stereocenters. The van der Waals surface area contributed by atoms with Gasteiger partial charge in [-0.05, 0) is 56.4 Å². The second kappa shape index (κ2) is 9.78. The van der Waals surface area contributed by atoms with Gasteiger partial charge in [-0.25, -0.2) is 4.79 Å². The number of hydrogen-bond donors (Lipinski definition) is 1. The van der Waals surface area contributed by atoms with Crippen molar-refractivity contribution in [2.24, 2.45) is 0 Å². The number of ether oxygens (including phenoxy) is 1. The number of nitrogens with one attached hydrogen (secondary N) is 1. The van der Waals surface area contributed by atoms with Gasteiger partial charge < -0.3 is 19.4 Å². The summed E-state index contributed by atoms with van der Waals surface area (Å²) >= 11 is 6.36. The first-order chi connectivity index (χ1) is 15.1. The highest BCUT2D eigenvalue weighted by Gasteiger charge is 2.52. The number of alkyl carbamates (subject to hydrolysis) is 1. The fourth-order valence-corrected chi connectivity index (χ4v) is 3.29. The molecule has 0 aromatic heterocycles. The Bertz CT molecular complexity index is 1030. The molecule has 32 heavy (non-hydrogen) atoms. The molecule has 2 aromatic rings. The monoisotopic (exact) mass is 452 g/mol.